The highest BCUT2D eigenvalue weighted by atomic mass is 16.6. The van der Waals surface area contributed by atoms with Gasteiger partial charge >= 0.3 is 25.0 Å². The van der Waals surface area contributed by atoms with E-state index in [2.05, 4.69) is 21.3 Å². The van der Waals surface area contributed by atoms with Crippen LogP contribution >= 0.6 is 0 Å². The number of fused-ring (bicyclic) bond motifs is 3. The zero-order valence-corrected chi connectivity index (χ0v) is 33.1. The summed E-state index contributed by atoms with van der Waals surface area (Å²) in [5.41, 5.74) is -2.83. The third-order valence-corrected chi connectivity index (χ3v) is 11.5. The Morgan fingerprint density at radius 2 is 1.29 bits per heavy atom. The van der Waals surface area contributed by atoms with E-state index in [-0.39, 0.29) is 58.9 Å². The SMILES string of the molecule is CC(C)[C@H](NC(=O)CNC(=O)CNC(=O)CN1CCN2CC(=O)OC3(CN4CCN5CC(=O)OC(C1)(C5)C3OC(=O)C4)C2)C(=O)N[C@H](C)C(=O)N1CCC[C@H]1B(O)O. The lowest BCUT2D eigenvalue weighted by Crippen LogP contribution is -2.73. The molecule has 6 rings (SSSR count). The number of ether oxygens (including phenoxy) is 3. The van der Waals surface area contributed by atoms with Crippen molar-refractivity contribution in [3.63, 3.8) is 0 Å². The van der Waals surface area contributed by atoms with Gasteiger partial charge in [0.15, 0.2) is 17.3 Å². The molecule has 0 aromatic heterocycles. The number of esters is 3. The molecule has 0 aromatic carbocycles. The van der Waals surface area contributed by atoms with Crippen molar-refractivity contribution in [3.05, 3.63) is 0 Å². The number of carbonyl (C=O) groups excluding carboxylic acids is 8. The third kappa shape index (κ3) is 9.88. The van der Waals surface area contributed by atoms with Crippen molar-refractivity contribution in [3.8, 4) is 0 Å². The molecule has 22 nitrogen and oxygen atoms in total. The molecule has 0 aliphatic carbocycles. The Balaban J connectivity index is 1.03. The van der Waals surface area contributed by atoms with Crippen LogP contribution in [0.4, 0.5) is 0 Å². The smallest absolute Gasteiger partial charge is 0.453 e. The molecule has 0 aromatic rings. The largest absolute Gasteiger partial charge is 0.475 e. The molecule has 6 aliphatic rings. The zero-order chi connectivity index (χ0) is 41.9. The van der Waals surface area contributed by atoms with E-state index in [1.54, 1.807) is 18.7 Å². The van der Waals surface area contributed by atoms with Crippen LogP contribution in [0.25, 0.3) is 0 Å². The lowest BCUT2D eigenvalue weighted by Gasteiger charge is -2.52. The summed E-state index contributed by atoms with van der Waals surface area (Å²) >= 11 is 0. The minimum absolute atomic E-state index is 0.0199. The first kappa shape index (κ1) is 43.2. The number of nitrogens with one attached hydrogen (secondary N) is 4. The molecule has 6 heterocycles. The number of hydrogen-bond acceptors (Lipinski definition) is 17. The van der Waals surface area contributed by atoms with Gasteiger partial charge in [0.05, 0.1) is 45.2 Å². The van der Waals surface area contributed by atoms with Crippen LogP contribution in [0.3, 0.4) is 0 Å². The molecule has 6 unspecified atom stereocenters. The number of morpholine rings is 2. The molecule has 9 atom stereocenters. The quantitative estimate of drug-likeness (QED) is 0.0607. The molecule has 320 valence electrons. The Morgan fingerprint density at radius 1 is 0.741 bits per heavy atom. The van der Waals surface area contributed by atoms with Crippen LogP contribution in [0.15, 0.2) is 0 Å². The van der Waals surface area contributed by atoms with Crippen molar-refractivity contribution in [1.29, 1.82) is 0 Å². The summed E-state index contributed by atoms with van der Waals surface area (Å²) < 4.78 is 18.2. The van der Waals surface area contributed by atoms with Gasteiger partial charge in [0.25, 0.3) is 0 Å². The third-order valence-electron chi connectivity index (χ3n) is 11.5. The van der Waals surface area contributed by atoms with Crippen molar-refractivity contribution < 1.29 is 62.6 Å². The van der Waals surface area contributed by atoms with E-state index in [1.807, 2.05) is 14.7 Å². The molecule has 6 aliphatic heterocycles. The highest BCUT2D eigenvalue weighted by molar-refractivity contribution is 6.43. The minimum atomic E-state index is -1.71. The number of hydrogen-bond donors (Lipinski definition) is 6. The van der Waals surface area contributed by atoms with Gasteiger partial charge in [-0.2, -0.15) is 0 Å². The van der Waals surface area contributed by atoms with E-state index in [1.165, 1.54) is 11.8 Å². The lowest BCUT2D eigenvalue weighted by molar-refractivity contribution is -0.242. The first-order chi connectivity index (χ1) is 27.5. The normalized spacial score (nSPS) is 31.9. The van der Waals surface area contributed by atoms with Crippen LogP contribution in [0, 0.1) is 5.92 Å². The second-order valence-electron chi connectivity index (χ2n) is 16.5. The molecule has 0 saturated carbocycles. The molecule has 6 saturated heterocycles. The summed E-state index contributed by atoms with van der Waals surface area (Å²) in [6.45, 7) is 5.88. The fraction of sp³-hybridized carbons (Fsp3) is 0.771. The van der Waals surface area contributed by atoms with Crippen LogP contribution < -0.4 is 21.3 Å². The number of rotatable bonds is 12. The van der Waals surface area contributed by atoms with Gasteiger partial charge in [-0.05, 0) is 25.7 Å². The maximum Gasteiger partial charge on any atom is 0.475 e. The number of amides is 5. The van der Waals surface area contributed by atoms with E-state index in [0.29, 0.717) is 39.0 Å². The molecule has 58 heavy (non-hydrogen) atoms. The van der Waals surface area contributed by atoms with Crippen LogP contribution in [0.1, 0.15) is 33.6 Å². The predicted octanol–water partition coefficient (Wildman–Crippen LogP) is -6.38. The van der Waals surface area contributed by atoms with Gasteiger partial charge < -0.3 is 50.4 Å². The number of nitrogens with zero attached hydrogens (tertiary/aromatic N) is 5. The van der Waals surface area contributed by atoms with Gasteiger partial charge in [-0.15, -0.1) is 0 Å². The summed E-state index contributed by atoms with van der Waals surface area (Å²) in [7, 11) is -1.71. The standard InChI is InChI=1S/C35H54BN9O13/c1-21(2)30(31(52)39-22(3)32(53)45-6-4-5-23(45)36(54)55)40-25(47)12-37-24(46)11-38-26(48)13-41-7-8-43-15-29(51)58-35(20-43)18-42-9-10-44-16-28(50)57-34(17-41,19-44)33(35)56-27(49)14-42/h21-23,30,33,54-55H,4-20H2,1-3H3,(H,37,46)(H,38,48)(H,39,52)(H,40,47)/t22-,23+,30+,33?,34?,35?/m1/s1. The van der Waals surface area contributed by atoms with Gasteiger partial charge in [0, 0.05) is 58.9 Å². The average molecular weight is 820 g/mol. The van der Waals surface area contributed by atoms with E-state index in [9.17, 15) is 48.4 Å². The van der Waals surface area contributed by atoms with Crippen molar-refractivity contribution in [1.82, 2.24) is 45.8 Å². The van der Waals surface area contributed by atoms with Crippen LogP contribution in [-0.2, 0) is 52.6 Å². The molecular weight excluding hydrogens is 765 g/mol. The maximum absolute atomic E-state index is 13.3. The average Bonchev–Trinajstić information content (AvgIpc) is 3.61. The first-order valence-corrected chi connectivity index (χ1v) is 19.8. The fourth-order valence-corrected chi connectivity index (χ4v) is 8.96. The molecule has 23 heteroatoms. The zero-order valence-electron chi connectivity index (χ0n) is 33.1. The van der Waals surface area contributed by atoms with E-state index in [4.69, 9.17) is 14.2 Å². The minimum Gasteiger partial charge on any atom is -0.453 e. The Hall–Kier alpha value is -4.42. The van der Waals surface area contributed by atoms with Crippen LogP contribution in [0.5, 0.6) is 0 Å². The highest BCUT2D eigenvalue weighted by Gasteiger charge is 2.65. The van der Waals surface area contributed by atoms with Gasteiger partial charge in [-0.1, -0.05) is 13.8 Å². The second kappa shape index (κ2) is 17.8. The van der Waals surface area contributed by atoms with Crippen molar-refractivity contribution >= 4 is 54.6 Å². The second-order valence-corrected chi connectivity index (χ2v) is 16.5. The molecule has 6 fully saturated rings. The molecular formula is C35H54BN9O13. The first-order valence-electron chi connectivity index (χ1n) is 19.8. The monoisotopic (exact) mass is 819 g/mol. The van der Waals surface area contributed by atoms with Gasteiger partial charge in [0.2, 0.25) is 29.5 Å². The molecule has 5 amide bonds. The van der Waals surface area contributed by atoms with Gasteiger partial charge in [0.1, 0.15) is 12.1 Å². The van der Waals surface area contributed by atoms with Crippen LogP contribution in [-0.4, -0.2) is 223 Å². The van der Waals surface area contributed by atoms with Gasteiger partial charge in [-0.3, -0.25) is 58.0 Å². The Bertz CT molecular complexity index is 1660. The maximum atomic E-state index is 13.3. The number of carbonyl (C=O) groups is 8. The summed E-state index contributed by atoms with van der Waals surface area (Å²) in [4.78, 5) is 113. The van der Waals surface area contributed by atoms with E-state index in [0.717, 1.165) is 0 Å². The number of likely N-dealkylation sites (tertiary alicyclic amines) is 1. The van der Waals surface area contributed by atoms with E-state index < -0.39 is 109 Å². The lowest BCUT2D eigenvalue weighted by atomic mass is 9.78. The molecule has 6 bridgehead atoms. The predicted molar refractivity (Wildman–Crippen MR) is 199 cm³/mol. The summed E-state index contributed by atoms with van der Waals surface area (Å²) in [5, 5.41) is 29.3. The summed E-state index contributed by atoms with van der Waals surface area (Å²) in [5.74, 6) is -5.84. The fourth-order valence-electron chi connectivity index (χ4n) is 8.96. The topological polar surface area (TPSA) is 269 Å². The molecule has 0 radical (unpaired) electrons. The molecule has 6 N–H and O–H groups in total. The Morgan fingerprint density at radius 3 is 1.90 bits per heavy atom. The molecule has 2 spiro atoms. The van der Waals surface area contributed by atoms with Gasteiger partial charge in [-0.25, -0.2) is 0 Å². The van der Waals surface area contributed by atoms with Crippen molar-refractivity contribution in [2.75, 3.05) is 98.2 Å². The Kier molecular flexibility index (Phi) is 13.3. The van der Waals surface area contributed by atoms with Crippen molar-refractivity contribution in [2.24, 2.45) is 5.92 Å². The van der Waals surface area contributed by atoms with Crippen molar-refractivity contribution in [2.45, 2.75) is 68.9 Å². The summed E-state index contributed by atoms with van der Waals surface area (Å²) in [6.07, 6.45) is -0.170. The highest BCUT2D eigenvalue weighted by Crippen LogP contribution is 2.40. The Labute approximate surface area is 335 Å². The van der Waals surface area contributed by atoms with E-state index >= 15 is 0 Å². The van der Waals surface area contributed by atoms with Crippen LogP contribution in [0.2, 0.25) is 0 Å². The summed E-state index contributed by atoms with van der Waals surface area (Å²) in [6, 6.07) is -2.07.